The molecule has 1 aromatic rings. The van der Waals surface area contributed by atoms with E-state index in [2.05, 4.69) is 19.9 Å². The van der Waals surface area contributed by atoms with E-state index >= 15 is 0 Å². The van der Waals surface area contributed by atoms with E-state index in [1.807, 2.05) is 11.3 Å². The molecule has 0 aromatic carbocycles. The number of fused-ring (bicyclic) bond motifs is 1. The lowest BCUT2D eigenvalue weighted by Crippen LogP contribution is -2.20. The molecule has 0 saturated carbocycles. The van der Waals surface area contributed by atoms with Crippen molar-refractivity contribution in [2.75, 3.05) is 6.61 Å². The number of thiophene rings is 1. The van der Waals surface area contributed by atoms with Crippen LogP contribution in [0.25, 0.3) is 0 Å². The van der Waals surface area contributed by atoms with E-state index in [4.69, 9.17) is 0 Å². The summed E-state index contributed by atoms with van der Waals surface area (Å²) in [5, 5.41) is 9.25. The molecule has 1 aliphatic rings. The van der Waals surface area contributed by atoms with Gasteiger partial charge in [0.25, 0.3) is 0 Å². The van der Waals surface area contributed by atoms with E-state index < -0.39 is 0 Å². The lowest BCUT2D eigenvalue weighted by atomic mass is 9.92. The third-order valence-electron chi connectivity index (χ3n) is 2.81. The molecule has 2 heteroatoms. The zero-order valence-corrected chi connectivity index (χ0v) is 9.08. The highest BCUT2D eigenvalue weighted by atomic mass is 32.1. The van der Waals surface area contributed by atoms with Crippen LogP contribution in [0.4, 0.5) is 0 Å². The summed E-state index contributed by atoms with van der Waals surface area (Å²) in [5.74, 6) is 0. The molecule has 0 radical (unpaired) electrons. The minimum absolute atomic E-state index is 0.0466. The van der Waals surface area contributed by atoms with E-state index in [-0.39, 0.29) is 12.0 Å². The molecule has 1 aliphatic carbocycles. The molecule has 0 unspecified atom stereocenters. The third kappa shape index (κ3) is 1.53. The molecule has 0 aliphatic heterocycles. The Morgan fingerprint density at radius 1 is 1.46 bits per heavy atom. The summed E-state index contributed by atoms with van der Waals surface area (Å²) in [4.78, 5) is 2.90. The maximum absolute atomic E-state index is 9.25. The van der Waals surface area contributed by atoms with Gasteiger partial charge in [-0.1, -0.05) is 13.8 Å². The monoisotopic (exact) mass is 196 g/mol. The molecule has 72 valence electrons. The van der Waals surface area contributed by atoms with Crippen LogP contribution in [0.5, 0.6) is 0 Å². The SMILES string of the molecule is CC(C)(CO)c1cc2c(s1)CCC2. The average molecular weight is 196 g/mol. The van der Waals surface area contributed by atoms with Gasteiger partial charge in [0.15, 0.2) is 0 Å². The molecule has 1 aromatic heterocycles. The average Bonchev–Trinajstić information content (AvgIpc) is 2.61. The van der Waals surface area contributed by atoms with Crippen LogP contribution in [0, 0.1) is 0 Å². The summed E-state index contributed by atoms with van der Waals surface area (Å²) in [6.45, 7) is 4.45. The molecule has 2 rings (SSSR count). The van der Waals surface area contributed by atoms with E-state index in [9.17, 15) is 5.11 Å². The van der Waals surface area contributed by atoms with Crippen LogP contribution < -0.4 is 0 Å². The normalized spacial score (nSPS) is 16.2. The Morgan fingerprint density at radius 2 is 2.23 bits per heavy atom. The topological polar surface area (TPSA) is 20.2 Å². The Labute approximate surface area is 83.4 Å². The first kappa shape index (κ1) is 9.22. The van der Waals surface area contributed by atoms with Gasteiger partial charge in [-0.05, 0) is 30.9 Å². The molecule has 0 saturated heterocycles. The predicted octanol–water partition coefficient (Wildman–Crippen LogP) is 2.51. The van der Waals surface area contributed by atoms with E-state index in [1.165, 1.54) is 29.7 Å². The Balaban J connectivity index is 2.33. The van der Waals surface area contributed by atoms with Gasteiger partial charge in [0.1, 0.15) is 0 Å². The van der Waals surface area contributed by atoms with Gasteiger partial charge in [-0.3, -0.25) is 0 Å². The Bertz CT molecular complexity index is 290. The summed E-state index contributed by atoms with van der Waals surface area (Å²) >= 11 is 1.89. The molecular weight excluding hydrogens is 180 g/mol. The highest BCUT2D eigenvalue weighted by Gasteiger charge is 2.25. The van der Waals surface area contributed by atoms with Gasteiger partial charge in [-0.25, -0.2) is 0 Å². The van der Waals surface area contributed by atoms with Crippen LogP contribution in [0.3, 0.4) is 0 Å². The zero-order chi connectivity index (χ0) is 9.47. The first-order valence-electron chi connectivity index (χ1n) is 4.86. The van der Waals surface area contributed by atoms with Crippen molar-refractivity contribution in [1.82, 2.24) is 0 Å². The Morgan fingerprint density at radius 3 is 2.85 bits per heavy atom. The van der Waals surface area contributed by atoms with Crippen molar-refractivity contribution in [1.29, 1.82) is 0 Å². The van der Waals surface area contributed by atoms with Gasteiger partial charge in [0.05, 0.1) is 6.61 Å². The van der Waals surface area contributed by atoms with Gasteiger partial charge in [0, 0.05) is 15.2 Å². The van der Waals surface area contributed by atoms with Crippen LogP contribution in [-0.4, -0.2) is 11.7 Å². The zero-order valence-electron chi connectivity index (χ0n) is 8.26. The molecular formula is C11H16OS. The minimum atomic E-state index is -0.0466. The van der Waals surface area contributed by atoms with E-state index in [0.717, 1.165) is 0 Å². The molecule has 1 heterocycles. The van der Waals surface area contributed by atoms with Crippen LogP contribution in [0.2, 0.25) is 0 Å². The van der Waals surface area contributed by atoms with Crippen LogP contribution >= 0.6 is 11.3 Å². The summed E-state index contributed by atoms with van der Waals surface area (Å²) in [5.41, 5.74) is 1.48. The standard InChI is InChI=1S/C11H16OS/c1-11(2,7-12)10-6-8-4-3-5-9(8)13-10/h6,12H,3-5,7H2,1-2H3. The highest BCUT2D eigenvalue weighted by Crippen LogP contribution is 2.36. The summed E-state index contributed by atoms with van der Waals surface area (Å²) in [6, 6.07) is 2.29. The molecule has 0 atom stereocenters. The van der Waals surface area contributed by atoms with Crippen molar-refractivity contribution >= 4 is 11.3 Å². The number of aryl methyl sites for hydroxylation is 2. The maximum Gasteiger partial charge on any atom is 0.0530 e. The van der Waals surface area contributed by atoms with Crippen LogP contribution in [0.1, 0.15) is 35.6 Å². The number of hydrogen-bond donors (Lipinski definition) is 1. The second-order valence-corrected chi connectivity index (χ2v) is 5.59. The fourth-order valence-electron chi connectivity index (χ4n) is 1.74. The van der Waals surface area contributed by atoms with Crippen molar-refractivity contribution < 1.29 is 5.11 Å². The molecule has 1 N–H and O–H groups in total. The molecule has 0 amide bonds. The summed E-state index contributed by atoms with van der Waals surface area (Å²) < 4.78 is 0. The van der Waals surface area contributed by atoms with Gasteiger partial charge < -0.3 is 5.11 Å². The van der Waals surface area contributed by atoms with Crippen LogP contribution in [0.15, 0.2) is 6.07 Å². The molecule has 0 bridgehead atoms. The van der Waals surface area contributed by atoms with Crippen molar-refractivity contribution in [3.05, 3.63) is 21.4 Å². The lowest BCUT2D eigenvalue weighted by Gasteiger charge is -2.19. The number of aliphatic hydroxyl groups is 1. The third-order valence-corrected chi connectivity index (χ3v) is 4.41. The number of rotatable bonds is 2. The summed E-state index contributed by atoms with van der Waals surface area (Å²) in [7, 11) is 0. The van der Waals surface area contributed by atoms with Crippen molar-refractivity contribution in [3.8, 4) is 0 Å². The largest absolute Gasteiger partial charge is 0.395 e. The molecule has 0 spiro atoms. The Hall–Kier alpha value is -0.340. The predicted molar refractivity (Wildman–Crippen MR) is 56.5 cm³/mol. The number of hydrogen-bond acceptors (Lipinski definition) is 2. The minimum Gasteiger partial charge on any atom is -0.395 e. The highest BCUT2D eigenvalue weighted by molar-refractivity contribution is 7.12. The lowest BCUT2D eigenvalue weighted by molar-refractivity contribution is 0.221. The molecule has 0 fully saturated rings. The van der Waals surface area contributed by atoms with Gasteiger partial charge in [-0.2, -0.15) is 0 Å². The fourth-order valence-corrected chi connectivity index (χ4v) is 3.09. The van der Waals surface area contributed by atoms with Gasteiger partial charge in [-0.15, -0.1) is 11.3 Å². The van der Waals surface area contributed by atoms with Crippen molar-refractivity contribution in [2.24, 2.45) is 0 Å². The van der Waals surface area contributed by atoms with Crippen LogP contribution in [-0.2, 0) is 18.3 Å². The van der Waals surface area contributed by atoms with Crippen molar-refractivity contribution in [3.63, 3.8) is 0 Å². The summed E-state index contributed by atoms with van der Waals surface area (Å²) in [6.07, 6.45) is 3.82. The smallest absolute Gasteiger partial charge is 0.0530 e. The second-order valence-electron chi connectivity index (χ2n) is 4.45. The fraction of sp³-hybridized carbons (Fsp3) is 0.636. The first-order chi connectivity index (χ1) is 6.13. The molecule has 1 nitrogen and oxygen atoms in total. The van der Waals surface area contributed by atoms with Gasteiger partial charge in [0.2, 0.25) is 0 Å². The number of aliphatic hydroxyl groups excluding tert-OH is 1. The quantitative estimate of drug-likeness (QED) is 0.770. The maximum atomic E-state index is 9.25. The molecule has 13 heavy (non-hydrogen) atoms. The Kier molecular flexibility index (Phi) is 2.20. The van der Waals surface area contributed by atoms with Crippen molar-refractivity contribution in [2.45, 2.75) is 38.5 Å². The van der Waals surface area contributed by atoms with E-state index in [0.29, 0.717) is 0 Å². The van der Waals surface area contributed by atoms with E-state index in [1.54, 1.807) is 4.88 Å². The second kappa shape index (κ2) is 3.10. The first-order valence-corrected chi connectivity index (χ1v) is 5.68. The van der Waals surface area contributed by atoms with Gasteiger partial charge >= 0.3 is 0 Å².